The molecule has 1 atom stereocenters. The van der Waals surface area contributed by atoms with Gasteiger partial charge >= 0.3 is 6.03 Å². The van der Waals surface area contributed by atoms with Crippen LogP contribution in [0.1, 0.15) is 28.9 Å². The third kappa shape index (κ3) is 4.08. The second-order valence-electron chi connectivity index (χ2n) is 4.79. The molecule has 114 valence electrons. The molecule has 0 aliphatic carbocycles. The highest BCUT2D eigenvalue weighted by molar-refractivity contribution is 9.10. The van der Waals surface area contributed by atoms with E-state index in [2.05, 4.69) is 26.6 Å². The highest BCUT2D eigenvalue weighted by Gasteiger charge is 2.13. The Labute approximate surface area is 137 Å². The molecule has 4 N–H and O–H groups in total. The van der Waals surface area contributed by atoms with Gasteiger partial charge in [0, 0.05) is 15.7 Å². The van der Waals surface area contributed by atoms with Crippen LogP contribution in [0.5, 0.6) is 0 Å². The van der Waals surface area contributed by atoms with Crippen molar-refractivity contribution in [2.75, 3.05) is 5.32 Å². The van der Waals surface area contributed by atoms with Crippen LogP contribution >= 0.6 is 15.9 Å². The monoisotopic (exact) mass is 361 g/mol. The predicted molar refractivity (Wildman–Crippen MR) is 89.7 cm³/mol. The van der Waals surface area contributed by atoms with Gasteiger partial charge in [-0.3, -0.25) is 4.79 Å². The van der Waals surface area contributed by atoms with Crippen molar-refractivity contribution in [1.29, 1.82) is 0 Å². The Morgan fingerprint density at radius 2 is 1.86 bits per heavy atom. The number of nitrogens with one attached hydrogen (secondary N) is 2. The molecule has 0 spiro atoms. The molecule has 22 heavy (non-hydrogen) atoms. The van der Waals surface area contributed by atoms with Crippen LogP contribution < -0.4 is 16.4 Å². The first-order valence-electron chi connectivity index (χ1n) is 6.69. The lowest BCUT2D eigenvalue weighted by Gasteiger charge is -2.16. The van der Waals surface area contributed by atoms with E-state index >= 15 is 0 Å². The summed E-state index contributed by atoms with van der Waals surface area (Å²) >= 11 is 3.47. The average Bonchev–Trinajstić information content (AvgIpc) is 2.47. The molecule has 2 rings (SSSR count). The van der Waals surface area contributed by atoms with Crippen molar-refractivity contribution < 1.29 is 9.59 Å². The van der Waals surface area contributed by atoms with E-state index in [4.69, 9.17) is 5.73 Å². The van der Waals surface area contributed by atoms with E-state index in [0.29, 0.717) is 11.3 Å². The number of primary amides is 1. The largest absolute Gasteiger partial charge is 0.351 e. The summed E-state index contributed by atoms with van der Waals surface area (Å²) in [5.41, 5.74) is 6.99. The number of anilines is 1. The van der Waals surface area contributed by atoms with Crippen LogP contribution in [0.4, 0.5) is 10.5 Å². The maximum Gasteiger partial charge on any atom is 0.316 e. The van der Waals surface area contributed by atoms with Gasteiger partial charge in [0.1, 0.15) is 0 Å². The molecule has 0 heterocycles. The van der Waals surface area contributed by atoms with E-state index in [-0.39, 0.29) is 11.9 Å². The Morgan fingerprint density at radius 1 is 1.14 bits per heavy atom. The van der Waals surface area contributed by atoms with Gasteiger partial charge in [-0.15, -0.1) is 0 Å². The molecule has 0 fully saturated rings. The van der Waals surface area contributed by atoms with E-state index in [1.807, 2.05) is 31.2 Å². The van der Waals surface area contributed by atoms with Crippen molar-refractivity contribution >= 4 is 33.6 Å². The van der Waals surface area contributed by atoms with Crippen LogP contribution in [0.15, 0.2) is 53.0 Å². The van der Waals surface area contributed by atoms with Crippen LogP contribution in [0.25, 0.3) is 0 Å². The molecular formula is C16H16BrN3O2. The number of urea groups is 1. The first-order valence-corrected chi connectivity index (χ1v) is 7.48. The summed E-state index contributed by atoms with van der Waals surface area (Å²) in [4.78, 5) is 23.2. The molecule has 0 saturated carbocycles. The van der Waals surface area contributed by atoms with Crippen molar-refractivity contribution in [2.45, 2.75) is 13.0 Å². The van der Waals surface area contributed by atoms with Crippen molar-refractivity contribution in [1.82, 2.24) is 5.32 Å². The summed E-state index contributed by atoms with van der Waals surface area (Å²) in [5.74, 6) is -0.226. The summed E-state index contributed by atoms with van der Waals surface area (Å²) in [6, 6.07) is 13.5. The topological polar surface area (TPSA) is 84.2 Å². The van der Waals surface area contributed by atoms with E-state index in [9.17, 15) is 9.59 Å². The van der Waals surface area contributed by atoms with Gasteiger partial charge in [-0.2, -0.15) is 0 Å². The maximum atomic E-state index is 12.3. The first-order chi connectivity index (χ1) is 10.5. The molecule has 3 amide bonds. The molecule has 5 nitrogen and oxygen atoms in total. The average molecular weight is 362 g/mol. The van der Waals surface area contributed by atoms with Crippen molar-refractivity contribution in [2.24, 2.45) is 5.73 Å². The standard InChI is InChI=1S/C16H16BrN3O2/c1-10(13-7-2-3-8-14(13)17)19-15(21)11-5-4-6-12(9-11)20-16(18)22/h2-10H,1H3,(H,19,21)(H3,18,20,22). The highest BCUT2D eigenvalue weighted by atomic mass is 79.9. The lowest BCUT2D eigenvalue weighted by atomic mass is 10.1. The van der Waals surface area contributed by atoms with Crippen molar-refractivity contribution in [3.05, 3.63) is 64.1 Å². The highest BCUT2D eigenvalue weighted by Crippen LogP contribution is 2.23. The van der Waals surface area contributed by atoms with Gasteiger partial charge in [0.25, 0.3) is 5.91 Å². The third-order valence-corrected chi connectivity index (χ3v) is 3.83. The van der Waals surface area contributed by atoms with E-state index < -0.39 is 6.03 Å². The fourth-order valence-electron chi connectivity index (χ4n) is 2.06. The van der Waals surface area contributed by atoms with Gasteiger partial charge in [0.15, 0.2) is 0 Å². The minimum Gasteiger partial charge on any atom is -0.351 e. The van der Waals surface area contributed by atoms with Gasteiger partial charge in [-0.1, -0.05) is 40.2 Å². The number of carbonyl (C=O) groups is 2. The Bertz CT molecular complexity index is 703. The number of benzene rings is 2. The Morgan fingerprint density at radius 3 is 2.55 bits per heavy atom. The molecule has 0 aliphatic heterocycles. The number of hydrogen-bond donors (Lipinski definition) is 3. The SMILES string of the molecule is CC(NC(=O)c1cccc(NC(N)=O)c1)c1ccccc1Br. The molecular weight excluding hydrogens is 346 g/mol. The second-order valence-corrected chi connectivity index (χ2v) is 5.64. The lowest BCUT2D eigenvalue weighted by Crippen LogP contribution is -2.27. The van der Waals surface area contributed by atoms with E-state index in [1.54, 1.807) is 24.3 Å². The molecule has 0 bridgehead atoms. The van der Waals surface area contributed by atoms with Gasteiger partial charge in [0.2, 0.25) is 0 Å². The number of rotatable bonds is 4. The lowest BCUT2D eigenvalue weighted by molar-refractivity contribution is 0.0939. The van der Waals surface area contributed by atoms with Crippen LogP contribution in [0, 0.1) is 0 Å². The van der Waals surface area contributed by atoms with Gasteiger partial charge in [-0.05, 0) is 36.8 Å². The zero-order valence-corrected chi connectivity index (χ0v) is 13.6. The fourth-order valence-corrected chi connectivity index (χ4v) is 2.69. The molecule has 0 aliphatic rings. The number of amides is 3. The van der Waals surface area contributed by atoms with Crippen LogP contribution in [0.2, 0.25) is 0 Å². The normalized spacial score (nSPS) is 11.5. The predicted octanol–water partition coefficient (Wildman–Crippen LogP) is 3.43. The first kappa shape index (κ1) is 16.0. The fraction of sp³-hybridized carbons (Fsp3) is 0.125. The Kier molecular flexibility index (Phi) is 5.16. The van der Waals surface area contributed by atoms with Gasteiger partial charge in [0.05, 0.1) is 6.04 Å². The van der Waals surface area contributed by atoms with E-state index in [0.717, 1.165) is 10.0 Å². The summed E-state index contributed by atoms with van der Waals surface area (Å²) in [6.07, 6.45) is 0. The zero-order valence-electron chi connectivity index (χ0n) is 12.0. The van der Waals surface area contributed by atoms with Gasteiger partial charge < -0.3 is 16.4 Å². The second kappa shape index (κ2) is 7.09. The zero-order chi connectivity index (χ0) is 16.1. The van der Waals surface area contributed by atoms with Crippen LogP contribution in [-0.4, -0.2) is 11.9 Å². The summed E-state index contributed by atoms with van der Waals surface area (Å²) in [6.45, 7) is 1.91. The molecule has 1 unspecified atom stereocenters. The van der Waals surface area contributed by atoms with E-state index in [1.165, 1.54) is 0 Å². The molecule has 2 aromatic carbocycles. The number of nitrogens with two attached hydrogens (primary N) is 1. The summed E-state index contributed by atoms with van der Waals surface area (Å²) < 4.78 is 0.937. The maximum absolute atomic E-state index is 12.3. The summed E-state index contributed by atoms with van der Waals surface area (Å²) in [7, 11) is 0. The quantitative estimate of drug-likeness (QED) is 0.779. The van der Waals surface area contributed by atoms with Crippen molar-refractivity contribution in [3.63, 3.8) is 0 Å². The molecule has 0 aromatic heterocycles. The molecule has 0 radical (unpaired) electrons. The van der Waals surface area contributed by atoms with Gasteiger partial charge in [-0.25, -0.2) is 4.79 Å². The third-order valence-electron chi connectivity index (χ3n) is 3.11. The number of carbonyl (C=O) groups excluding carboxylic acids is 2. The van der Waals surface area contributed by atoms with Crippen LogP contribution in [0.3, 0.4) is 0 Å². The minimum atomic E-state index is -0.667. The number of hydrogen-bond acceptors (Lipinski definition) is 2. The Hall–Kier alpha value is -2.34. The minimum absolute atomic E-state index is 0.157. The molecule has 6 heteroatoms. The number of halogens is 1. The Balaban J connectivity index is 2.12. The van der Waals surface area contributed by atoms with Crippen LogP contribution in [-0.2, 0) is 0 Å². The molecule has 2 aromatic rings. The summed E-state index contributed by atoms with van der Waals surface area (Å²) in [5, 5.41) is 5.37. The smallest absolute Gasteiger partial charge is 0.316 e. The molecule has 0 saturated heterocycles. The van der Waals surface area contributed by atoms with Crippen molar-refractivity contribution in [3.8, 4) is 0 Å².